The Morgan fingerprint density at radius 1 is 1.04 bits per heavy atom. The molecule has 0 radical (unpaired) electrons. The Morgan fingerprint density at radius 3 is 2.46 bits per heavy atom. The lowest BCUT2D eigenvalue weighted by Gasteiger charge is -2.50. The molecule has 2 nitrogen and oxygen atoms in total. The summed E-state index contributed by atoms with van der Waals surface area (Å²) in [5, 5.41) is 10.4. The molecule has 0 heterocycles. The highest BCUT2D eigenvalue weighted by atomic mass is 16.3. The quantitative estimate of drug-likeness (QED) is 0.527. The van der Waals surface area contributed by atoms with E-state index in [9.17, 15) is 5.11 Å². The molecule has 0 bridgehead atoms. The van der Waals surface area contributed by atoms with Crippen LogP contribution in [-0.4, -0.2) is 17.8 Å². The van der Waals surface area contributed by atoms with E-state index in [2.05, 4.69) is 34.6 Å². The zero-order valence-corrected chi connectivity index (χ0v) is 19.6. The summed E-state index contributed by atoms with van der Waals surface area (Å²) in [6, 6.07) is 0. The first-order valence-electron chi connectivity index (χ1n) is 12.6. The van der Waals surface area contributed by atoms with Crippen LogP contribution in [0.5, 0.6) is 0 Å². The molecule has 5 unspecified atom stereocenters. The van der Waals surface area contributed by atoms with Crippen molar-refractivity contribution in [2.24, 2.45) is 52.1 Å². The fourth-order valence-corrected chi connectivity index (χ4v) is 8.35. The molecule has 3 aliphatic rings. The summed E-state index contributed by atoms with van der Waals surface area (Å²) in [4.78, 5) is 0. The van der Waals surface area contributed by atoms with Crippen molar-refractivity contribution >= 4 is 0 Å². The molecule has 3 aliphatic carbocycles. The third-order valence-corrected chi connectivity index (χ3v) is 10.0. The van der Waals surface area contributed by atoms with Crippen molar-refractivity contribution in [2.75, 3.05) is 6.54 Å². The average Bonchev–Trinajstić information content (AvgIpc) is 3.00. The van der Waals surface area contributed by atoms with Gasteiger partial charge in [0, 0.05) is 0 Å². The van der Waals surface area contributed by atoms with Crippen LogP contribution in [0.4, 0.5) is 0 Å². The monoisotopic (exact) mass is 391 g/mol. The normalized spacial score (nSPS) is 42.8. The van der Waals surface area contributed by atoms with Crippen LogP contribution in [-0.2, 0) is 0 Å². The van der Waals surface area contributed by atoms with Crippen LogP contribution < -0.4 is 5.73 Å². The molecule has 8 atom stereocenters. The maximum absolute atomic E-state index is 10.4. The number of aliphatic hydroxyl groups excluding tert-OH is 1. The molecule has 3 rings (SSSR count). The average molecular weight is 392 g/mol. The molecule has 28 heavy (non-hydrogen) atoms. The molecular formula is C26H49NO. The first-order valence-corrected chi connectivity index (χ1v) is 12.6. The van der Waals surface area contributed by atoms with Crippen molar-refractivity contribution in [3.63, 3.8) is 0 Å². The zero-order chi connectivity index (χ0) is 20.5. The second-order valence-corrected chi connectivity index (χ2v) is 11.9. The van der Waals surface area contributed by atoms with Crippen LogP contribution >= 0.6 is 0 Å². The van der Waals surface area contributed by atoms with Crippen molar-refractivity contribution in [2.45, 2.75) is 111 Å². The number of rotatable bonds is 7. The van der Waals surface area contributed by atoms with Crippen molar-refractivity contribution < 1.29 is 5.11 Å². The Labute approximate surface area is 175 Å². The summed E-state index contributed by atoms with van der Waals surface area (Å²) in [7, 11) is 0. The predicted octanol–water partition coefficient (Wildman–Crippen LogP) is 6.41. The predicted molar refractivity (Wildman–Crippen MR) is 120 cm³/mol. The zero-order valence-electron chi connectivity index (χ0n) is 19.6. The van der Waals surface area contributed by atoms with Gasteiger partial charge in [0.15, 0.2) is 0 Å². The number of nitrogens with two attached hydrogens (primary N) is 1. The highest BCUT2D eigenvalue weighted by Gasteiger charge is 2.53. The highest BCUT2D eigenvalue weighted by Crippen LogP contribution is 2.61. The second kappa shape index (κ2) is 8.96. The topological polar surface area (TPSA) is 46.2 Å². The minimum Gasteiger partial charge on any atom is -0.393 e. The van der Waals surface area contributed by atoms with E-state index in [1.165, 1.54) is 57.8 Å². The van der Waals surface area contributed by atoms with Gasteiger partial charge >= 0.3 is 0 Å². The molecule has 0 amide bonds. The van der Waals surface area contributed by atoms with E-state index in [0.717, 1.165) is 49.0 Å². The lowest BCUT2D eigenvalue weighted by Crippen LogP contribution is -2.42. The van der Waals surface area contributed by atoms with Crippen molar-refractivity contribution in [1.82, 2.24) is 0 Å². The Bertz CT molecular complexity index is 503. The number of fused-ring (bicyclic) bond motifs is 1. The molecule has 164 valence electrons. The van der Waals surface area contributed by atoms with Gasteiger partial charge in [-0.15, -0.1) is 0 Å². The molecule has 0 spiro atoms. The van der Waals surface area contributed by atoms with E-state index in [-0.39, 0.29) is 6.10 Å². The van der Waals surface area contributed by atoms with Crippen molar-refractivity contribution in [3.8, 4) is 0 Å². The molecule has 0 aromatic heterocycles. The minimum atomic E-state index is -0.0586. The van der Waals surface area contributed by atoms with E-state index in [0.29, 0.717) is 16.7 Å². The van der Waals surface area contributed by atoms with E-state index in [1.54, 1.807) is 0 Å². The molecule has 3 saturated carbocycles. The summed E-state index contributed by atoms with van der Waals surface area (Å²) in [6.07, 6.45) is 14.3. The van der Waals surface area contributed by atoms with Crippen LogP contribution in [0.3, 0.4) is 0 Å². The fraction of sp³-hybridized carbons (Fsp3) is 1.00. The third-order valence-electron chi connectivity index (χ3n) is 10.0. The Morgan fingerprint density at radius 2 is 1.79 bits per heavy atom. The van der Waals surface area contributed by atoms with Gasteiger partial charge in [0.2, 0.25) is 0 Å². The van der Waals surface area contributed by atoms with E-state index >= 15 is 0 Å². The number of aliphatic hydroxyl groups is 1. The fourth-order valence-electron chi connectivity index (χ4n) is 8.35. The molecule has 3 N–H and O–H groups in total. The summed E-state index contributed by atoms with van der Waals surface area (Å²) in [5.74, 6) is 5.00. The van der Waals surface area contributed by atoms with Gasteiger partial charge in [0.05, 0.1) is 6.10 Å². The largest absolute Gasteiger partial charge is 0.393 e. The molecule has 0 aliphatic heterocycles. The molecule has 0 aromatic rings. The first-order chi connectivity index (χ1) is 13.2. The first kappa shape index (κ1) is 22.6. The van der Waals surface area contributed by atoms with Gasteiger partial charge in [0.1, 0.15) is 0 Å². The highest BCUT2D eigenvalue weighted by molar-refractivity contribution is 5.02. The van der Waals surface area contributed by atoms with Crippen LogP contribution in [0.2, 0.25) is 0 Å². The van der Waals surface area contributed by atoms with Gasteiger partial charge in [0.25, 0.3) is 0 Å². The van der Waals surface area contributed by atoms with E-state index in [1.807, 2.05) is 0 Å². The van der Waals surface area contributed by atoms with Gasteiger partial charge in [-0.3, -0.25) is 0 Å². The van der Waals surface area contributed by atoms with Gasteiger partial charge in [-0.05, 0) is 104 Å². The van der Waals surface area contributed by atoms with Crippen molar-refractivity contribution in [1.29, 1.82) is 0 Å². The smallest absolute Gasteiger partial charge is 0.0543 e. The van der Waals surface area contributed by atoms with Crippen molar-refractivity contribution in [3.05, 3.63) is 0 Å². The minimum absolute atomic E-state index is 0.0586. The maximum Gasteiger partial charge on any atom is 0.0543 e. The maximum atomic E-state index is 10.4. The van der Waals surface area contributed by atoms with Crippen LogP contribution in [0, 0.1) is 46.3 Å². The summed E-state index contributed by atoms with van der Waals surface area (Å²) in [5.41, 5.74) is 6.87. The number of hydrogen-bond donors (Lipinski definition) is 2. The standard InChI is InChI=1S/C26H49NO/c1-6-19(24-17-21(28)11-14-25(24,3)4)16-20-8-7-13-26(5)22(9-10-23(20)26)18(2)12-15-27/h18-24,28H,6-17,27H2,1-5H3/t18-,19+,20?,21-,22?,23?,24?,26?/m1/s1. The lowest BCUT2D eigenvalue weighted by molar-refractivity contribution is -0.0252. The summed E-state index contributed by atoms with van der Waals surface area (Å²) < 4.78 is 0. The van der Waals surface area contributed by atoms with E-state index in [4.69, 9.17) is 5.73 Å². The molecule has 3 fully saturated rings. The van der Waals surface area contributed by atoms with Gasteiger partial charge < -0.3 is 10.8 Å². The molecular weight excluding hydrogens is 342 g/mol. The van der Waals surface area contributed by atoms with Crippen LogP contribution in [0.15, 0.2) is 0 Å². The Kier molecular flexibility index (Phi) is 7.24. The Hall–Kier alpha value is -0.0800. The van der Waals surface area contributed by atoms with Gasteiger partial charge in [-0.1, -0.05) is 53.9 Å². The SMILES string of the molecule is CC[C@@H](CC1CCCC2(C)C1CCC2[C@H](C)CCN)C1C[C@H](O)CCC1(C)C. The summed E-state index contributed by atoms with van der Waals surface area (Å²) >= 11 is 0. The van der Waals surface area contributed by atoms with Crippen LogP contribution in [0.25, 0.3) is 0 Å². The number of hydrogen-bond acceptors (Lipinski definition) is 2. The Balaban J connectivity index is 1.73. The van der Waals surface area contributed by atoms with Crippen LogP contribution in [0.1, 0.15) is 105 Å². The summed E-state index contributed by atoms with van der Waals surface area (Å²) in [6.45, 7) is 13.3. The molecule has 2 heteroatoms. The second-order valence-electron chi connectivity index (χ2n) is 11.9. The van der Waals surface area contributed by atoms with Gasteiger partial charge in [-0.25, -0.2) is 0 Å². The molecule has 0 saturated heterocycles. The van der Waals surface area contributed by atoms with Gasteiger partial charge in [-0.2, -0.15) is 0 Å². The lowest BCUT2D eigenvalue weighted by atomic mass is 9.55. The molecule has 0 aromatic carbocycles. The third kappa shape index (κ3) is 4.34. The van der Waals surface area contributed by atoms with E-state index < -0.39 is 0 Å².